The zero-order valence-electron chi connectivity index (χ0n) is 16.0. The number of hydrogen-bond donors (Lipinski definition) is 1. The number of carbonyl (C=O) groups excluding carboxylic acids is 1. The number of anilines is 1. The summed E-state index contributed by atoms with van der Waals surface area (Å²) in [5.74, 6) is 0.397. The molecule has 0 unspecified atom stereocenters. The monoisotopic (exact) mass is 464 g/mol. The number of nitrogens with zero attached hydrogens (tertiary/aromatic N) is 3. The third-order valence-electron chi connectivity index (χ3n) is 4.37. The normalized spacial score (nSPS) is 10.7. The lowest BCUT2D eigenvalue weighted by atomic mass is 10.2. The molecule has 0 saturated heterocycles. The fourth-order valence-electron chi connectivity index (χ4n) is 2.92. The van der Waals surface area contributed by atoms with Crippen LogP contribution < -0.4 is 10.9 Å². The minimum absolute atomic E-state index is 0.131. The van der Waals surface area contributed by atoms with Gasteiger partial charge in [0, 0.05) is 28.0 Å². The van der Waals surface area contributed by atoms with Crippen LogP contribution in [0.5, 0.6) is 0 Å². The lowest BCUT2D eigenvalue weighted by Crippen LogP contribution is -2.26. The Morgan fingerprint density at radius 3 is 2.63 bits per heavy atom. The van der Waals surface area contributed by atoms with Gasteiger partial charge in [-0.1, -0.05) is 33.2 Å². The Morgan fingerprint density at radius 1 is 1.10 bits per heavy atom. The third-order valence-corrected chi connectivity index (χ3v) is 4.90. The maximum absolute atomic E-state index is 12.4. The number of aryl methyl sites for hydroxylation is 1. The van der Waals surface area contributed by atoms with E-state index >= 15 is 0 Å². The topological polar surface area (TPSA) is 90.0 Å². The van der Waals surface area contributed by atoms with Crippen LogP contribution in [-0.4, -0.2) is 20.6 Å². The lowest BCUT2D eigenvalue weighted by Gasteiger charge is -2.08. The molecule has 0 aliphatic heterocycles. The van der Waals surface area contributed by atoms with Gasteiger partial charge in [-0.3, -0.25) is 9.59 Å². The lowest BCUT2D eigenvalue weighted by molar-refractivity contribution is -0.116. The molecule has 0 aliphatic rings. The molecule has 0 bridgehead atoms. The van der Waals surface area contributed by atoms with Crippen molar-refractivity contribution < 1.29 is 9.32 Å². The molecule has 8 heteroatoms. The number of amides is 1. The van der Waals surface area contributed by atoms with Crippen molar-refractivity contribution in [2.45, 2.75) is 13.5 Å². The van der Waals surface area contributed by atoms with Crippen LogP contribution in [0.2, 0.25) is 0 Å². The minimum Gasteiger partial charge on any atom is -0.334 e. The van der Waals surface area contributed by atoms with Crippen LogP contribution >= 0.6 is 15.9 Å². The molecule has 0 saturated carbocycles. The molecule has 0 fully saturated rings. The van der Waals surface area contributed by atoms with Crippen molar-refractivity contribution in [2.24, 2.45) is 0 Å². The molecule has 0 radical (unpaired) electrons. The van der Waals surface area contributed by atoms with E-state index in [1.54, 1.807) is 12.1 Å². The van der Waals surface area contributed by atoms with E-state index in [9.17, 15) is 9.59 Å². The Hall–Kier alpha value is -3.52. The van der Waals surface area contributed by atoms with Crippen molar-refractivity contribution in [3.05, 3.63) is 87.3 Å². The number of hydrogen-bond acceptors (Lipinski definition) is 5. The number of nitrogens with one attached hydrogen (secondary N) is 1. The maximum Gasteiger partial charge on any atom is 0.259 e. The smallest absolute Gasteiger partial charge is 0.259 e. The largest absolute Gasteiger partial charge is 0.334 e. The molecule has 0 atom stereocenters. The van der Waals surface area contributed by atoms with Crippen molar-refractivity contribution in [1.29, 1.82) is 0 Å². The van der Waals surface area contributed by atoms with E-state index in [0.29, 0.717) is 17.1 Å². The molecule has 4 aromatic rings. The first-order valence-electron chi connectivity index (χ1n) is 9.15. The molecule has 2 aromatic carbocycles. The highest BCUT2D eigenvalue weighted by Crippen LogP contribution is 2.23. The van der Waals surface area contributed by atoms with Crippen molar-refractivity contribution >= 4 is 27.5 Å². The number of halogens is 1. The van der Waals surface area contributed by atoms with Crippen LogP contribution in [0.15, 0.2) is 80.7 Å². The Morgan fingerprint density at radius 2 is 1.87 bits per heavy atom. The van der Waals surface area contributed by atoms with E-state index < -0.39 is 0 Å². The highest BCUT2D eigenvalue weighted by Gasteiger charge is 2.13. The van der Waals surface area contributed by atoms with Crippen molar-refractivity contribution in [3.63, 3.8) is 0 Å². The summed E-state index contributed by atoms with van der Waals surface area (Å²) in [4.78, 5) is 29.0. The maximum atomic E-state index is 12.4. The number of rotatable bonds is 5. The first kappa shape index (κ1) is 19.8. The van der Waals surface area contributed by atoms with Gasteiger partial charge < -0.3 is 14.4 Å². The predicted octanol–water partition coefficient (Wildman–Crippen LogP) is 4.27. The van der Waals surface area contributed by atoms with Crippen molar-refractivity contribution in [2.75, 3.05) is 5.32 Å². The van der Waals surface area contributed by atoms with Gasteiger partial charge in [-0.15, -0.1) is 0 Å². The van der Waals surface area contributed by atoms with E-state index in [4.69, 9.17) is 4.52 Å². The summed E-state index contributed by atoms with van der Waals surface area (Å²) in [5.41, 5.74) is 2.77. The fraction of sp³-hybridized carbons (Fsp3) is 0.0909. The molecular weight excluding hydrogens is 448 g/mol. The van der Waals surface area contributed by atoms with Crippen LogP contribution in [0.4, 0.5) is 5.69 Å². The van der Waals surface area contributed by atoms with Gasteiger partial charge in [0.15, 0.2) is 0 Å². The summed E-state index contributed by atoms with van der Waals surface area (Å²) >= 11 is 3.39. The molecule has 0 spiro atoms. The van der Waals surface area contributed by atoms with Crippen LogP contribution in [0, 0.1) is 6.92 Å². The summed E-state index contributed by atoms with van der Waals surface area (Å²) in [7, 11) is 0. The van der Waals surface area contributed by atoms with Crippen molar-refractivity contribution in [3.8, 4) is 22.8 Å². The third kappa shape index (κ3) is 4.55. The van der Waals surface area contributed by atoms with Gasteiger partial charge >= 0.3 is 0 Å². The van der Waals surface area contributed by atoms with E-state index in [1.165, 1.54) is 16.8 Å². The average Bonchev–Trinajstić information content (AvgIpc) is 3.20. The fourth-order valence-corrected chi connectivity index (χ4v) is 3.18. The molecule has 7 nitrogen and oxygen atoms in total. The zero-order chi connectivity index (χ0) is 21.1. The first-order valence-corrected chi connectivity index (χ1v) is 9.94. The Bertz CT molecular complexity index is 1260. The van der Waals surface area contributed by atoms with E-state index in [2.05, 4.69) is 31.4 Å². The number of carbonyl (C=O) groups is 1. The van der Waals surface area contributed by atoms with Gasteiger partial charge in [0.2, 0.25) is 11.7 Å². The van der Waals surface area contributed by atoms with Crippen LogP contribution in [0.1, 0.15) is 5.56 Å². The number of pyridine rings is 1. The molecule has 30 heavy (non-hydrogen) atoms. The zero-order valence-corrected chi connectivity index (χ0v) is 17.6. The van der Waals surface area contributed by atoms with E-state index in [-0.39, 0.29) is 23.9 Å². The molecule has 150 valence electrons. The molecule has 0 aliphatic carbocycles. The van der Waals surface area contributed by atoms with Gasteiger partial charge in [-0.25, -0.2) is 0 Å². The van der Waals surface area contributed by atoms with Crippen LogP contribution in [0.25, 0.3) is 22.8 Å². The number of aromatic nitrogens is 3. The summed E-state index contributed by atoms with van der Waals surface area (Å²) in [6.07, 6.45) is 1.54. The Balaban J connectivity index is 1.54. The summed E-state index contributed by atoms with van der Waals surface area (Å²) < 4.78 is 7.61. The molecule has 1 amide bonds. The Kier molecular flexibility index (Phi) is 5.58. The highest BCUT2D eigenvalue weighted by molar-refractivity contribution is 9.10. The minimum atomic E-state index is -0.305. The first-order chi connectivity index (χ1) is 14.5. The molecule has 4 rings (SSSR count). The average molecular weight is 465 g/mol. The summed E-state index contributed by atoms with van der Waals surface area (Å²) in [6.45, 7) is 1.81. The van der Waals surface area contributed by atoms with Crippen molar-refractivity contribution in [1.82, 2.24) is 14.7 Å². The second kappa shape index (κ2) is 8.46. The number of benzene rings is 2. The quantitative estimate of drug-likeness (QED) is 0.476. The van der Waals surface area contributed by atoms with Gasteiger partial charge in [-0.2, -0.15) is 4.98 Å². The van der Waals surface area contributed by atoms with Gasteiger partial charge in [-0.05, 0) is 55.0 Å². The SMILES string of the molecule is Cc1cccc(NC(=O)Cn2cc(-c3nc(-c4ccc(Br)cc4)no3)ccc2=O)c1. The van der Waals surface area contributed by atoms with Gasteiger partial charge in [0.25, 0.3) is 11.4 Å². The van der Waals surface area contributed by atoms with Gasteiger partial charge in [0.1, 0.15) is 6.54 Å². The molecular formula is C22H17BrN4O3. The van der Waals surface area contributed by atoms with Crippen LogP contribution in [0.3, 0.4) is 0 Å². The molecule has 1 N–H and O–H groups in total. The van der Waals surface area contributed by atoms with E-state index in [0.717, 1.165) is 15.6 Å². The van der Waals surface area contributed by atoms with Crippen LogP contribution in [-0.2, 0) is 11.3 Å². The Labute approximate surface area is 180 Å². The second-order valence-electron chi connectivity index (χ2n) is 6.73. The second-order valence-corrected chi connectivity index (χ2v) is 7.65. The standard InChI is InChI=1S/C22H17BrN4O3/c1-14-3-2-4-18(11-14)24-19(28)13-27-12-16(7-10-20(27)29)22-25-21(26-30-22)15-5-8-17(23)9-6-15/h2-12H,13H2,1H3,(H,24,28). The molecule has 2 heterocycles. The highest BCUT2D eigenvalue weighted by atomic mass is 79.9. The molecule has 2 aromatic heterocycles. The van der Waals surface area contributed by atoms with Gasteiger partial charge in [0.05, 0.1) is 5.56 Å². The van der Waals surface area contributed by atoms with E-state index in [1.807, 2.05) is 49.4 Å². The summed E-state index contributed by atoms with van der Waals surface area (Å²) in [5, 5.41) is 6.80. The summed E-state index contributed by atoms with van der Waals surface area (Å²) in [6, 6.07) is 17.9. The predicted molar refractivity (Wildman–Crippen MR) is 117 cm³/mol.